The Morgan fingerprint density at radius 3 is 2.37 bits per heavy atom. The zero-order valence-electron chi connectivity index (χ0n) is 20.9. The van der Waals surface area contributed by atoms with Crippen molar-refractivity contribution in [2.75, 3.05) is 18.0 Å². The number of benzene rings is 2. The first-order chi connectivity index (χ1) is 18.0. The molecule has 3 aliphatic rings. The SMILES string of the molecule is CC1CCCCN1c1ccc(C2=NC(c3ccccc3OC(F)(F)F)=NCC3CCC3C2)cc1C(F)(F)F. The van der Waals surface area contributed by atoms with E-state index < -0.39 is 23.9 Å². The molecule has 0 N–H and O–H groups in total. The van der Waals surface area contributed by atoms with E-state index in [4.69, 9.17) is 0 Å². The van der Waals surface area contributed by atoms with Gasteiger partial charge in [-0.1, -0.05) is 18.2 Å². The summed E-state index contributed by atoms with van der Waals surface area (Å²) in [7, 11) is 0. The number of piperidine rings is 1. The van der Waals surface area contributed by atoms with Crippen LogP contribution in [0.5, 0.6) is 5.75 Å². The first-order valence-electron chi connectivity index (χ1n) is 12.9. The fourth-order valence-electron chi connectivity index (χ4n) is 5.65. The Morgan fingerprint density at radius 2 is 1.68 bits per heavy atom. The molecule has 1 aliphatic carbocycles. The predicted octanol–water partition coefficient (Wildman–Crippen LogP) is 7.65. The van der Waals surface area contributed by atoms with Gasteiger partial charge in [0.25, 0.3) is 0 Å². The summed E-state index contributed by atoms with van der Waals surface area (Å²) >= 11 is 0. The molecule has 2 aliphatic heterocycles. The van der Waals surface area contributed by atoms with E-state index in [0.29, 0.717) is 30.8 Å². The summed E-state index contributed by atoms with van der Waals surface area (Å²) in [5.41, 5.74) is 0.177. The molecule has 0 radical (unpaired) electrons. The van der Waals surface area contributed by atoms with Crippen molar-refractivity contribution in [1.82, 2.24) is 0 Å². The number of rotatable bonds is 4. The van der Waals surface area contributed by atoms with Crippen LogP contribution >= 0.6 is 0 Å². The second-order valence-corrected chi connectivity index (χ2v) is 10.3. The molecule has 2 aromatic carbocycles. The lowest BCUT2D eigenvalue weighted by atomic mass is 9.70. The monoisotopic (exact) mass is 537 g/mol. The van der Waals surface area contributed by atoms with Gasteiger partial charge < -0.3 is 9.64 Å². The van der Waals surface area contributed by atoms with Crippen LogP contribution in [-0.4, -0.2) is 37.0 Å². The van der Waals surface area contributed by atoms with Crippen molar-refractivity contribution in [3.63, 3.8) is 0 Å². The molecule has 2 aromatic rings. The number of nitrogens with zero attached hydrogens (tertiary/aromatic N) is 3. The predicted molar refractivity (Wildman–Crippen MR) is 134 cm³/mol. The first-order valence-corrected chi connectivity index (χ1v) is 12.9. The van der Waals surface area contributed by atoms with Gasteiger partial charge in [-0.15, -0.1) is 13.2 Å². The van der Waals surface area contributed by atoms with Gasteiger partial charge in [-0.2, -0.15) is 13.2 Å². The smallest absolute Gasteiger partial charge is 0.405 e. The van der Waals surface area contributed by atoms with Crippen LogP contribution in [0.3, 0.4) is 0 Å². The molecule has 0 spiro atoms. The first kappa shape index (κ1) is 26.6. The van der Waals surface area contributed by atoms with Crippen LogP contribution in [0.2, 0.25) is 0 Å². The highest BCUT2D eigenvalue weighted by Gasteiger charge is 2.38. The van der Waals surface area contributed by atoms with Gasteiger partial charge in [-0.25, -0.2) is 4.99 Å². The zero-order chi connectivity index (χ0) is 27.1. The Kier molecular flexibility index (Phi) is 7.17. The Hall–Kier alpha value is -3.04. The van der Waals surface area contributed by atoms with E-state index in [2.05, 4.69) is 14.7 Å². The third-order valence-corrected chi connectivity index (χ3v) is 7.85. The molecular weight excluding hydrogens is 508 g/mol. The lowest BCUT2D eigenvalue weighted by molar-refractivity contribution is -0.274. The van der Waals surface area contributed by atoms with Crippen molar-refractivity contribution < 1.29 is 31.1 Å². The molecule has 2 heterocycles. The molecule has 0 bridgehead atoms. The lowest BCUT2D eigenvalue weighted by Crippen LogP contribution is -2.38. The van der Waals surface area contributed by atoms with Gasteiger partial charge >= 0.3 is 12.5 Å². The van der Waals surface area contributed by atoms with Gasteiger partial charge in [-0.05, 0) is 87.1 Å². The second kappa shape index (κ2) is 10.3. The topological polar surface area (TPSA) is 37.2 Å². The summed E-state index contributed by atoms with van der Waals surface area (Å²) in [6, 6.07) is 9.88. The van der Waals surface area contributed by atoms with Crippen molar-refractivity contribution in [2.45, 2.75) is 64.0 Å². The van der Waals surface area contributed by atoms with Crippen molar-refractivity contribution in [3.05, 3.63) is 59.2 Å². The summed E-state index contributed by atoms with van der Waals surface area (Å²) in [4.78, 5) is 10.9. The summed E-state index contributed by atoms with van der Waals surface area (Å²) in [5.74, 6) is 0.0177. The fourth-order valence-corrected chi connectivity index (χ4v) is 5.65. The van der Waals surface area contributed by atoms with E-state index in [1.165, 1.54) is 24.3 Å². The minimum atomic E-state index is -4.91. The van der Waals surface area contributed by atoms with Gasteiger partial charge in [-0.3, -0.25) is 4.99 Å². The molecule has 4 nitrogen and oxygen atoms in total. The van der Waals surface area contributed by atoms with Gasteiger partial charge in [0.1, 0.15) is 5.75 Å². The number of halogens is 6. The summed E-state index contributed by atoms with van der Waals surface area (Å²) < 4.78 is 86.3. The molecule has 204 valence electrons. The normalized spacial score (nSPS) is 24.4. The Labute approximate surface area is 217 Å². The average molecular weight is 538 g/mol. The number of ether oxygens (including phenoxy) is 1. The molecule has 3 atom stereocenters. The molecule has 0 aromatic heterocycles. The number of fused-ring (bicyclic) bond motifs is 1. The molecule has 1 saturated heterocycles. The van der Waals surface area contributed by atoms with Crippen LogP contribution in [0.1, 0.15) is 62.1 Å². The van der Waals surface area contributed by atoms with E-state index in [1.54, 1.807) is 12.1 Å². The highest BCUT2D eigenvalue weighted by Crippen LogP contribution is 2.42. The quantitative estimate of drug-likeness (QED) is 0.376. The number of alkyl halides is 6. The highest BCUT2D eigenvalue weighted by molar-refractivity contribution is 6.13. The average Bonchev–Trinajstić information content (AvgIpc) is 2.83. The third kappa shape index (κ3) is 5.68. The van der Waals surface area contributed by atoms with Gasteiger partial charge in [0.05, 0.1) is 16.8 Å². The van der Waals surface area contributed by atoms with Crippen molar-refractivity contribution >= 4 is 17.2 Å². The summed E-state index contributed by atoms with van der Waals surface area (Å²) in [6.45, 7) is 2.89. The fraction of sp³-hybridized carbons (Fsp3) is 0.500. The van der Waals surface area contributed by atoms with Gasteiger partial charge in [0.2, 0.25) is 0 Å². The Bertz CT molecular complexity index is 1240. The number of anilines is 1. The van der Waals surface area contributed by atoms with E-state index in [9.17, 15) is 26.3 Å². The molecule has 5 rings (SSSR count). The molecule has 10 heteroatoms. The van der Waals surface area contributed by atoms with Gasteiger partial charge in [0.15, 0.2) is 5.84 Å². The Morgan fingerprint density at radius 1 is 0.921 bits per heavy atom. The van der Waals surface area contributed by atoms with Crippen molar-refractivity contribution in [3.8, 4) is 5.75 Å². The summed E-state index contributed by atoms with van der Waals surface area (Å²) in [5, 5.41) is 0. The maximum Gasteiger partial charge on any atom is 0.573 e. The number of hydrogen-bond donors (Lipinski definition) is 0. The molecule has 2 fully saturated rings. The summed E-state index contributed by atoms with van der Waals surface area (Å²) in [6.07, 6.45) is -4.58. The van der Waals surface area contributed by atoms with E-state index >= 15 is 0 Å². The molecule has 38 heavy (non-hydrogen) atoms. The van der Waals surface area contributed by atoms with Crippen LogP contribution < -0.4 is 9.64 Å². The van der Waals surface area contributed by atoms with E-state index in [-0.39, 0.29) is 35.0 Å². The zero-order valence-corrected chi connectivity index (χ0v) is 20.9. The minimum Gasteiger partial charge on any atom is -0.405 e. The van der Waals surface area contributed by atoms with E-state index in [1.807, 2.05) is 11.8 Å². The van der Waals surface area contributed by atoms with Crippen LogP contribution in [0, 0.1) is 11.8 Å². The number of para-hydroxylation sites is 1. The number of aliphatic imine (C=N–C) groups is 2. The highest BCUT2D eigenvalue weighted by atomic mass is 19.4. The van der Waals surface area contributed by atoms with Crippen LogP contribution in [0.15, 0.2) is 52.4 Å². The van der Waals surface area contributed by atoms with Crippen molar-refractivity contribution in [2.24, 2.45) is 21.8 Å². The number of amidine groups is 1. The number of hydrogen-bond acceptors (Lipinski definition) is 4. The maximum absolute atomic E-state index is 14.3. The lowest BCUT2D eigenvalue weighted by Gasteiger charge is -2.38. The molecular formula is C28H29F6N3O. The second-order valence-electron chi connectivity index (χ2n) is 10.3. The molecule has 1 saturated carbocycles. The largest absolute Gasteiger partial charge is 0.573 e. The van der Waals surface area contributed by atoms with E-state index in [0.717, 1.165) is 38.2 Å². The van der Waals surface area contributed by atoms with Crippen LogP contribution in [-0.2, 0) is 6.18 Å². The van der Waals surface area contributed by atoms with Crippen LogP contribution in [0.4, 0.5) is 32.0 Å². The third-order valence-electron chi connectivity index (χ3n) is 7.85. The Balaban J connectivity index is 1.58. The van der Waals surface area contributed by atoms with Crippen LogP contribution in [0.25, 0.3) is 0 Å². The van der Waals surface area contributed by atoms with Crippen molar-refractivity contribution in [1.29, 1.82) is 0 Å². The molecule has 3 unspecified atom stereocenters. The van der Waals surface area contributed by atoms with Gasteiger partial charge in [0, 0.05) is 24.8 Å². The maximum atomic E-state index is 14.3. The standard InChI is InChI=1S/C28H29F6N3O/c1-17-6-4-5-13-37(17)24-12-11-19(14-22(24)27(29,30)31)23-15-18-9-10-20(18)16-35-26(36-23)21-7-2-3-8-25(21)38-28(32,33)34/h2-3,7-8,11-12,14,17-18,20H,4-6,9-10,13,15-16H2,1H3. The molecule has 0 amide bonds. The minimum absolute atomic E-state index is 0.00552.